The summed E-state index contributed by atoms with van der Waals surface area (Å²) in [6.45, 7) is 1.96. The van der Waals surface area contributed by atoms with Crippen molar-refractivity contribution in [3.8, 4) is 11.1 Å². The summed E-state index contributed by atoms with van der Waals surface area (Å²) in [6.07, 6.45) is 8.29. The van der Waals surface area contributed by atoms with Crippen molar-refractivity contribution in [2.75, 3.05) is 20.1 Å². The van der Waals surface area contributed by atoms with Crippen molar-refractivity contribution >= 4 is 22.5 Å². The second-order valence-corrected chi connectivity index (χ2v) is 7.61. The molecule has 5 heterocycles. The number of H-pyrrole nitrogens is 1. The maximum Gasteiger partial charge on any atom is 0.255 e. The average Bonchev–Trinajstić information content (AvgIpc) is 3.33. The van der Waals surface area contributed by atoms with Gasteiger partial charge >= 0.3 is 0 Å². The van der Waals surface area contributed by atoms with Crippen molar-refractivity contribution in [3.05, 3.63) is 54.4 Å². The molecule has 0 bridgehead atoms. The number of hydrogen-bond acceptors (Lipinski definition) is 4. The predicted molar refractivity (Wildman–Crippen MR) is 108 cm³/mol. The Labute approximate surface area is 166 Å². The molecule has 4 aromatic heterocycles. The number of likely N-dealkylation sites (tertiary alicyclic amines) is 1. The Balaban J connectivity index is 1.48. The van der Waals surface area contributed by atoms with E-state index in [1.165, 1.54) is 12.3 Å². The molecule has 1 aliphatic heterocycles. The van der Waals surface area contributed by atoms with E-state index in [1.54, 1.807) is 16.9 Å². The van der Waals surface area contributed by atoms with E-state index in [0.29, 0.717) is 22.1 Å². The molecule has 0 aliphatic carbocycles. The van der Waals surface area contributed by atoms with Gasteiger partial charge in [-0.2, -0.15) is 5.10 Å². The van der Waals surface area contributed by atoms with Gasteiger partial charge in [0.05, 0.1) is 23.5 Å². The first-order chi connectivity index (χ1) is 14.1. The van der Waals surface area contributed by atoms with Gasteiger partial charge in [0.15, 0.2) is 0 Å². The van der Waals surface area contributed by atoms with Gasteiger partial charge in [0.2, 0.25) is 0 Å². The Bertz CT molecular complexity index is 1200. The number of carbonyl (C=O) groups excluding carboxylic acids is 1. The van der Waals surface area contributed by atoms with Crippen LogP contribution < -0.4 is 5.32 Å². The summed E-state index contributed by atoms with van der Waals surface area (Å²) in [7, 11) is 2.09. The summed E-state index contributed by atoms with van der Waals surface area (Å²) in [5.74, 6) is -0.500. The maximum absolute atomic E-state index is 13.7. The number of aromatic amines is 1. The minimum atomic E-state index is -0.387. The molecule has 1 aliphatic rings. The van der Waals surface area contributed by atoms with Gasteiger partial charge in [0, 0.05) is 29.4 Å². The molecule has 0 radical (unpaired) electrons. The second kappa shape index (κ2) is 6.97. The highest BCUT2D eigenvalue weighted by molar-refractivity contribution is 6.02. The van der Waals surface area contributed by atoms with Crippen LogP contribution in [0.2, 0.25) is 0 Å². The molecule has 0 saturated carbocycles. The minimum absolute atomic E-state index is 0.113. The van der Waals surface area contributed by atoms with Crippen LogP contribution in [0.4, 0.5) is 4.39 Å². The molecule has 0 unspecified atom stereocenters. The molecule has 4 aromatic rings. The molecule has 0 aromatic carbocycles. The predicted octanol–water partition coefficient (Wildman–Crippen LogP) is 2.84. The quantitative estimate of drug-likeness (QED) is 0.562. The van der Waals surface area contributed by atoms with E-state index in [1.807, 2.05) is 18.3 Å². The Morgan fingerprint density at radius 2 is 2.10 bits per heavy atom. The topological polar surface area (TPSA) is 78.3 Å². The zero-order chi connectivity index (χ0) is 20.0. The maximum atomic E-state index is 13.7. The van der Waals surface area contributed by atoms with Gasteiger partial charge in [-0.1, -0.05) is 0 Å². The highest BCUT2D eigenvalue weighted by atomic mass is 19.1. The fourth-order valence-electron chi connectivity index (χ4n) is 3.96. The van der Waals surface area contributed by atoms with Crippen molar-refractivity contribution in [2.45, 2.75) is 18.9 Å². The molecule has 7 nitrogen and oxygen atoms in total. The number of piperidine rings is 1. The van der Waals surface area contributed by atoms with E-state index in [-0.39, 0.29) is 17.8 Å². The molecule has 8 heteroatoms. The van der Waals surface area contributed by atoms with Crippen molar-refractivity contribution in [2.24, 2.45) is 0 Å². The largest absolute Gasteiger partial charge is 0.349 e. The van der Waals surface area contributed by atoms with Crippen LogP contribution >= 0.6 is 0 Å². The minimum Gasteiger partial charge on any atom is -0.349 e. The summed E-state index contributed by atoms with van der Waals surface area (Å²) >= 11 is 0. The fraction of sp³-hybridized carbons (Fsp3) is 0.286. The Morgan fingerprint density at radius 3 is 2.93 bits per heavy atom. The van der Waals surface area contributed by atoms with E-state index < -0.39 is 0 Å². The van der Waals surface area contributed by atoms with Crippen molar-refractivity contribution in [1.82, 2.24) is 29.8 Å². The third-order valence-electron chi connectivity index (χ3n) is 5.63. The SMILES string of the molecule is CN1CCC(NC(=O)c2cnn3ccc(-c4c[nH]c5ncc(F)cc45)cc23)CC1. The van der Waals surface area contributed by atoms with Crippen LogP contribution in [-0.2, 0) is 0 Å². The molecule has 148 valence electrons. The molecule has 1 fully saturated rings. The van der Waals surface area contributed by atoms with Crippen molar-refractivity contribution in [3.63, 3.8) is 0 Å². The van der Waals surface area contributed by atoms with Crippen LogP contribution in [0.1, 0.15) is 23.2 Å². The normalized spacial score (nSPS) is 15.9. The second-order valence-electron chi connectivity index (χ2n) is 7.61. The Kier molecular flexibility index (Phi) is 4.28. The lowest BCUT2D eigenvalue weighted by atomic mass is 10.0. The standard InChI is InChI=1S/C21H21FN6O/c1-27-5-3-15(4-6-27)26-21(29)18-12-25-28-7-2-13(8-19(18)28)17-11-24-20-16(17)9-14(22)10-23-20/h2,7-12,15H,3-6H2,1H3,(H,23,24)(H,26,29). The van der Waals surface area contributed by atoms with Gasteiger partial charge < -0.3 is 15.2 Å². The smallest absolute Gasteiger partial charge is 0.255 e. The summed E-state index contributed by atoms with van der Waals surface area (Å²) in [5, 5.41) is 8.15. The number of fused-ring (bicyclic) bond motifs is 2. The van der Waals surface area contributed by atoms with E-state index >= 15 is 0 Å². The Hall–Kier alpha value is -3.26. The molecule has 0 spiro atoms. The first-order valence-electron chi connectivity index (χ1n) is 9.68. The summed E-state index contributed by atoms with van der Waals surface area (Å²) in [6, 6.07) is 5.44. The highest BCUT2D eigenvalue weighted by Gasteiger charge is 2.21. The van der Waals surface area contributed by atoms with Gasteiger partial charge in [0.25, 0.3) is 5.91 Å². The van der Waals surface area contributed by atoms with Gasteiger partial charge in [-0.25, -0.2) is 13.9 Å². The average molecular weight is 392 g/mol. The van der Waals surface area contributed by atoms with E-state index in [0.717, 1.165) is 37.1 Å². The number of nitrogens with zero attached hydrogens (tertiary/aromatic N) is 4. The molecule has 2 N–H and O–H groups in total. The molecule has 1 saturated heterocycles. The van der Waals surface area contributed by atoms with Gasteiger partial charge in [-0.05, 0) is 56.7 Å². The van der Waals surface area contributed by atoms with Gasteiger partial charge in [0.1, 0.15) is 11.5 Å². The van der Waals surface area contributed by atoms with Crippen LogP contribution in [0.5, 0.6) is 0 Å². The van der Waals surface area contributed by atoms with E-state index in [9.17, 15) is 9.18 Å². The number of pyridine rings is 2. The van der Waals surface area contributed by atoms with Crippen LogP contribution in [0.15, 0.2) is 43.0 Å². The van der Waals surface area contributed by atoms with E-state index in [4.69, 9.17) is 0 Å². The lowest BCUT2D eigenvalue weighted by Gasteiger charge is -2.29. The summed E-state index contributed by atoms with van der Waals surface area (Å²) < 4.78 is 15.4. The Morgan fingerprint density at radius 1 is 1.28 bits per heavy atom. The first-order valence-corrected chi connectivity index (χ1v) is 9.68. The number of rotatable bonds is 3. The molecule has 5 rings (SSSR count). The van der Waals surface area contributed by atoms with Crippen molar-refractivity contribution in [1.29, 1.82) is 0 Å². The van der Waals surface area contributed by atoms with Crippen LogP contribution in [0.3, 0.4) is 0 Å². The lowest BCUT2D eigenvalue weighted by Crippen LogP contribution is -2.43. The number of amides is 1. The van der Waals surface area contributed by atoms with Gasteiger partial charge in [-0.3, -0.25) is 4.79 Å². The number of nitrogens with one attached hydrogen (secondary N) is 2. The number of halogens is 1. The molecule has 29 heavy (non-hydrogen) atoms. The number of aromatic nitrogens is 4. The highest BCUT2D eigenvalue weighted by Crippen LogP contribution is 2.29. The number of carbonyl (C=O) groups is 1. The molecular formula is C21H21FN6O. The van der Waals surface area contributed by atoms with Gasteiger partial charge in [-0.15, -0.1) is 0 Å². The monoisotopic (exact) mass is 392 g/mol. The zero-order valence-corrected chi connectivity index (χ0v) is 16.0. The summed E-state index contributed by atoms with van der Waals surface area (Å²) in [4.78, 5) is 22.3. The van der Waals surface area contributed by atoms with Crippen LogP contribution in [-0.4, -0.2) is 56.6 Å². The zero-order valence-electron chi connectivity index (χ0n) is 16.0. The lowest BCUT2D eigenvalue weighted by molar-refractivity contribution is 0.0918. The molecule has 0 atom stereocenters. The molecular weight excluding hydrogens is 371 g/mol. The van der Waals surface area contributed by atoms with Crippen molar-refractivity contribution < 1.29 is 9.18 Å². The fourth-order valence-corrected chi connectivity index (χ4v) is 3.96. The third kappa shape index (κ3) is 3.25. The van der Waals surface area contributed by atoms with E-state index in [2.05, 4.69) is 32.3 Å². The number of hydrogen-bond donors (Lipinski definition) is 2. The molecule has 1 amide bonds. The van der Waals surface area contributed by atoms with Crippen LogP contribution in [0, 0.1) is 5.82 Å². The third-order valence-corrected chi connectivity index (χ3v) is 5.63. The first kappa shape index (κ1) is 17.8. The van der Waals surface area contributed by atoms with Crippen LogP contribution in [0.25, 0.3) is 27.7 Å². The summed E-state index contributed by atoms with van der Waals surface area (Å²) in [5.41, 5.74) is 3.57.